The summed E-state index contributed by atoms with van der Waals surface area (Å²) in [7, 11) is 0. The van der Waals surface area contributed by atoms with E-state index >= 15 is 0 Å². The van der Waals surface area contributed by atoms with Gasteiger partial charge in [-0.2, -0.15) is 0 Å². The van der Waals surface area contributed by atoms with Crippen LogP contribution >= 0.6 is 0 Å². The minimum Gasteiger partial charge on any atom is -0.457 e. The van der Waals surface area contributed by atoms with Crippen LogP contribution < -0.4 is 0 Å². The third-order valence-corrected chi connectivity index (χ3v) is 4.60. The standard InChI is InChI=1S/C12H18O3.C8H16O/c1-12(2,7-13)15-11(14)10-6-8-3-4-9(10)5-8;1-6(2)7(9)8(3,4)5/h3-4,8-10,13H,5-7H2,1-2H3;6H,1-5H3. The van der Waals surface area contributed by atoms with Gasteiger partial charge in [-0.1, -0.05) is 46.8 Å². The number of carbonyl (C=O) groups excluding carboxylic acids is 2. The van der Waals surface area contributed by atoms with Crippen molar-refractivity contribution in [1.82, 2.24) is 0 Å². The lowest BCUT2D eigenvalue weighted by Crippen LogP contribution is -2.35. The molecule has 0 aliphatic heterocycles. The second-order valence-corrected chi connectivity index (χ2v) is 8.99. The van der Waals surface area contributed by atoms with Gasteiger partial charge >= 0.3 is 5.97 Å². The van der Waals surface area contributed by atoms with Gasteiger partial charge in [-0.25, -0.2) is 0 Å². The summed E-state index contributed by atoms with van der Waals surface area (Å²) in [6, 6.07) is 0. The second kappa shape index (κ2) is 7.81. The fraction of sp³-hybridized carbons (Fsp3) is 0.800. The largest absolute Gasteiger partial charge is 0.457 e. The van der Waals surface area contributed by atoms with E-state index < -0.39 is 5.60 Å². The molecule has 0 saturated heterocycles. The zero-order valence-corrected chi connectivity index (χ0v) is 16.3. The maximum Gasteiger partial charge on any atom is 0.310 e. The van der Waals surface area contributed by atoms with E-state index in [9.17, 15) is 9.59 Å². The highest BCUT2D eigenvalue weighted by atomic mass is 16.6. The van der Waals surface area contributed by atoms with Crippen molar-refractivity contribution in [1.29, 1.82) is 0 Å². The van der Waals surface area contributed by atoms with Crippen LogP contribution in [0.3, 0.4) is 0 Å². The molecular weight excluding hydrogens is 304 g/mol. The highest BCUT2D eigenvalue weighted by Crippen LogP contribution is 2.44. The van der Waals surface area contributed by atoms with Gasteiger partial charge in [-0.15, -0.1) is 0 Å². The Bertz CT molecular complexity index is 482. The van der Waals surface area contributed by atoms with Crippen molar-refractivity contribution >= 4 is 11.8 Å². The molecule has 1 fully saturated rings. The molecule has 0 heterocycles. The molecule has 2 rings (SSSR count). The minimum absolute atomic E-state index is 0.0193. The van der Waals surface area contributed by atoms with Crippen LogP contribution in [-0.4, -0.2) is 29.1 Å². The van der Waals surface area contributed by atoms with Crippen molar-refractivity contribution < 1.29 is 19.4 Å². The summed E-state index contributed by atoms with van der Waals surface area (Å²) in [6.45, 7) is 13.1. The first-order valence-corrected chi connectivity index (χ1v) is 8.93. The summed E-state index contributed by atoms with van der Waals surface area (Å²) in [6.07, 6.45) is 6.35. The molecule has 3 unspecified atom stereocenters. The number of Topliss-reactive ketones (excluding diaryl/α,β-unsaturated/α-hetero) is 1. The number of aliphatic hydroxyl groups is 1. The van der Waals surface area contributed by atoms with E-state index in [0.717, 1.165) is 12.8 Å². The maximum atomic E-state index is 11.8. The Morgan fingerprint density at radius 2 is 1.71 bits per heavy atom. The number of rotatable bonds is 4. The van der Waals surface area contributed by atoms with Crippen LogP contribution in [0, 0.1) is 29.1 Å². The fourth-order valence-corrected chi connectivity index (χ4v) is 3.30. The number of allylic oxidation sites excluding steroid dienone is 2. The Morgan fingerprint density at radius 3 is 2.00 bits per heavy atom. The van der Waals surface area contributed by atoms with Gasteiger partial charge in [0.15, 0.2) is 0 Å². The summed E-state index contributed by atoms with van der Waals surface area (Å²) in [4.78, 5) is 23.0. The summed E-state index contributed by atoms with van der Waals surface area (Å²) < 4.78 is 5.30. The molecule has 4 nitrogen and oxygen atoms in total. The lowest BCUT2D eigenvalue weighted by Gasteiger charge is -2.26. The molecular formula is C20H34O4. The van der Waals surface area contributed by atoms with Crippen LogP contribution in [0.4, 0.5) is 0 Å². The number of carbonyl (C=O) groups is 2. The molecule has 0 aromatic rings. The first kappa shape index (κ1) is 20.9. The van der Waals surface area contributed by atoms with Gasteiger partial charge in [-0.05, 0) is 38.5 Å². The third kappa shape index (κ3) is 5.73. The molecule has 2 bridgehead atoms. The van der Waals surface area contributed by atoms with E-state index in [4.69, 9.17) is 9.84 Å². The molecule has 1 N–H and O–H groups in total. The second-order valence-electron chi connectivity index (χ2n) is 8.99. The Hall–Kier alpha value is -1.16. The molecule has 0 spiro atoms. The van der Waals surface area contributed by atoms with Crippen LogP contribution in [0.2, 0.25) is 0 Å². The summed E-state index contributed by atoms with van der Waals surface area (Å²) in [5, 5.41) is 9.03. The molecule has 1 saturated carbocycles. The maximum absolute atomic E-state index is 11.8. The molecule has 0 amide bonds. The number of hydrogen-bond donors (Lipinski definition) is 1. The molecule has 0 radical (unpaired) electrons. The predicted molar refractivity (Wildman–Crippen MR) is 95.4 cm³/mol. The van der Waals surface area contributed by atoms with Crippen LogP contribution in [-0.2, 0) is 14.3 Å². The summed E-state index contributed by atoms with van der Waals surface area (Å²) in [5.41, 5.74) is -0.906. The quantitative estimate of drug-likeness (QED) is 0.626. The lowest BCUT2D eigenvalue weighted by molar-refractivity contribution is -0.166. The minimum atomic E-state index is -0.747. The van der Waals surface area contributed by atoms with E-state index in [1.165, 1.54) is 0 Å². The van der Waals surface area contributed by atoms with Crippen LogP contribution in [0.15, 0.2) is 12.2 Å². The number of ketones is 1. The van der Waals surface area contributed by atoms with Crippen molar-refractivity contribution in [3.05, 3.63) is 12.2 Å². The summed E-state index contributed by atoms with van der Waals surface area (Å²) in [5.74, 6) is 1.33. The molecule has 0 aromatic carbocycles. The zero-order valence-electron chi connectivity index (χ0n) is 16.3. The van der Waals surface area contributed by atoms with Gasteiger partial charge in [0.25, 0.3) is 0 Å². The van der Waals surface area contributed by atoms with Gasteiger partial charge in [0, 0.05) is 11.3 Å². The molecule has 24 heavy (non-hydrogen) atoms. The van der Waals surface area contributed by atoms with Crippen LogP contribution in [0.5, 0.6) is 0 Å². The normalized spacial score (nSPS) is 25.5. The average Bonchev–Trinajstić information content (AvgIpc) is 3.08. The van der Waals surface area contributed by atoms with Crippen molar-refractivity contribution in [3.63, 3.8) is 0 Å². The monoisotopic (exact) mass is 338 g/mol. The van der Waals surface area contributed by atoms with Crippen molar-refractivity contribution in [2.45, 2.75) is 66.9 Å². The molecule has 4 heteroatoms. The summed E-state index contributed by atoms with van der Waals surface area (Å²) >= 11 is 0. The highest BCUT2D eigenvalue weighted by molar-refractivity contribution is 5.85. The van der Waals surface area contributed by atoms with Gasteiger partial charge in [0.2, 0.25) is 0 Å². The number of ether oxygens (including phenoxy) is 1. The molecule has 2 aliphatic rings. The number of aliphatic hydroxyl groups excluding tert-OH is 1. The Kier molecular flexibility index (Phi) is 6.80. The van der Waals surface area contributed by atoms with E-state index in [-0.39, 0.29) is 29.8 Å². The van der Waals surface area contributed by atoms with E-state index in [2.05, 4.69) is 12.2 Å². The number of fused-ring (bicyclic) bond motifs is 2. The zero-order chi connectivity index (χ0) is 18.7. The average molecular weight is 338 g/mol. The Labute approximate surface area is 146 Å². The Morgan fingerprint density at radius 1 is 1.12 bits per heavy atom. The smallest absolute Gasteiger partial charge is 0.310 e. The third-order valence-electron chi connectivity index (χ3n) is 4.60. The highest BCUT2D eigenvalue weighted by Gasteiger charge is 2.42. The number of hydrogen-bond acceptors (Lipinski definition) is 4. The first-order chi connectivity index (χ1) is 10.9. The topological polar surface area (TPSA) is 63.6 Å². The van der Waals surface area contributed by atoms with Crippen molar-refractivity contribution in [2.75, 3.05) is 6.61 Å². The lowest BCUT2D eigenvalue weighted by atomic mass is 9.85. The van der Waals surface area contributed by atoms with Gasteiger partial charge in [0.1, 0.15) is 11.4 Å². The molecule has 3 atom stereocenters. The van der Waals surface area contributed by atoms with Gasteiger partial charge in [0.05, 0.1) is 12.5 Å². The first-order valence-electron chi connectivity index (χ1n) is 8.93. The van der Waals surface area contributed by atoms with E-state index in [1.54, 1.807) is 13.8 Å². The van der Waals surface area contributed by atoms with Gasteiger partial charge < -0.3 is 9.84 Å². The SMILES string of the molecule is CC(C)(CO)OC(=O)C1CC2C=CC1C2.CC(C)C(=O)C(C)(C)C. The predicted octanol–water partition coefficient (Wildman–Crippen LogP) is 3.77. The van der Waals surface area contributed by atoms with E-state index in [0.29, 0.717) is 17.6 Å². The van der Waals surface area contributed by atoms with Crippen LogP contribution in [0.1, 0.15) is 61.3 Å². The molecule has 138 valence electrons. The fourth-order valence-electron chi connectivity index (χ4n) is 3.30. The van der Waals surface area contributed by atoms with Crippen molar-refractivity contribution in [2.24, 2.45) is 29.1 Å². The van der Waals surface area contributed by atoms with Gasteiger partial charge in [-0.3, -0.25) is 9.59 Å². The van der Waals surface area contributed by atoms with Crippen molar-refractivity contribution in [3.8, 4) is 0 Å². The molecule has 2 aliphatic carbocycles. The molecule has 0 aromatic heterocycles. The van der Waals surface area contributed by atoms with Crippen LogP contribution in [0.25, 0.3) is 0 Å². The van der Waals surface area contributed by atoms with E-state index in [1.807, 2.05) is 34.6 Å². The Balaban J connectivity index is 0.000000277. The number of esters is 1.